The van der Waals surface area contributed by atoms with Crippen LogP contribution in [0.5, 0.6) is 0 Å². The van der Waals surface area contributed by atoms with E-state index in [1.165, 1.54) is 81.9 Å². The predicted molar refractivity (Wildman–Crippen MR) is 258 cm³/mol. The minimum atomic E-state index is 0.957. The molecule has 2 nitrogen and oxygen atoms in total. The molecule has 0 spiro atoms. The molecular weight excluding hydrogens is 737 g/mol. The van der Waals surface area contributed by atoms with E-state index in [-0.39, 0.29) is 0 Å². The Morgan fingerprint density at radius 2 is 0.754 bits per heavy atom. The van der Waals surface area contributed by atoms with Crippen molar-refractivity contribution in [2.24, 2.45) is 0 Å². The number of nitrogens with zero attached hydrogens (tertiary/aromatic N) is 2. The number of aromatic nitrogens is 2. The summed E-state index contributed by atoms with van der Waals surface area (Å²) in [6, 6.07) is 83.5. The number of fused-ring (bicyclic) bond motifs is 9. The molecule has 0 N–H and O–H groups in total. The Hall–Kier alpha value is -8.07. The van der Waals surface area contributed by atoms with Gasteiger partial charge in [-0.2, -0.15) is 0 Å². The molecule has 0 aliphatic heterocycles. The maximum atomic E-state index is 5.43. The smallest absolute Gasteiger partial charge is 0.0722 e. The van der Waals surface area contributed by atoms with Crippen molar-refractivity contribution < 1.29 is 0 Å². The van der Waals surface area contributed by atoms with Crippen molar-refractivity contribution in [3.63, 3.8) is 0 Å². The van der Waals surface area contributed by atoms with Crippen LogP contribution in [0.3, 0.4) is 0 Å². The SMILES string of the molecule is c1ccc(-c2ccc(-n3c4ccccc4c4cc(-c5ccc6c7ccccc7c7cccc(-c8cc(-c9ccccc9)cc(-c9ccccc9)n8)c7c6c5)ccc43)cc2)cc1. The van der Waals surface area contributed by atoms with Crippen LogP contribution >= 0.6 is 0 Å². The summed E-state index contributed by atoms with van der Waals surface area (Å²) in [6.45, 7) is 0. The summed E-state index contributed by atoms with van der Waals surface area (Å²) in [7, 11) is 0. The van der Waals surface area contributed by atoms with Crippen molar-refractivity contribution >= 4 is 54.1 Å². The molecule has 12 aromatic rings. The lowest BCUT2D eigenvalue weighted by atomic mass is 9.88. The molecule has 0 unspecified atom stereocenters. The molecule has 0 saturated heterocycles. The van der Waals surface area contributed by atoms with Crippen molar-refractivity contribution in [1.82, 2.24) is 9.55 Å². The monoisotopic (exact) mass is 774 g/mol. The molecule has 61 heavy (non-hydrogen) atoms. The molecule has 0 saturated carbocycles. The number of hydrogen-bond donors (Lipinski definition) is 0. The lowest BCUT2D eigenvalue weighted by Crippen LogP contribution is -1.94. The van der Waals surface area contributed by atoms with Crippen molar-refractivity contribution in [2.75, 3.05) is 0 Å². The largest absolute Gasteiger partial charge is 0.309 e. The van der Waals surface area contributed by atoms with Gasteiger partial charge in [0.05, 0.1) is 22.4 Å². The Morgan fingerprint density at radius 3 is 1.48 bits per heavy atom. The Balaban J connectivity index is 1.06. The van der Waals surface area contributed by atoms with E-state index in [4.69, 9.17) is 4.98 Å². The third-order valence-electron chi connectivity index (χ3n) is 12.4. The first-order valence-corrected chi connectivity index (χ1v) is 21.0. The lowest BCUT2D eigenvalue weighted by Gasteiger charge is -2.16. The van der Waals surface area contributed by atoms with Gasteiger partial charge >= 0.3 is 0 Å². The van der Waals surface area contributed by atoms with E-state index in [1.807, 2.05) is 0 Å². The summed E-state index contributed by atoms with van der Waals surface area (Å²) in [5.41, 5.74) is 14.8. The summed E-state index contributed by atoms with van der Waals surface area (Å²) < 4.78 is 2.40. The van der Waals surface area contributed by atoms with Gasteiger partial charge in [0.15, 0.2) is 0 Å². The van der Waals surface area contributed by atoms with E-state index < -0.39 is 0 Å². The third-order valence-corrected chi connectivity index (χ3v) is 12.4. The molecular formula is C59H38N2. The Bertz CT molecular complexity index is 3550. The lowest BCUT2D eigenvalue weighted by molar-refractivity contribution is 1.18. The molecule has 0 aliphatic carbocycles. The van der Waals surface area contributed by atoms with Crippen molar-refractivity contribution in [3.8, 4) is 61.6 Å². The molecule has 0 bridgehead atoms. The Morgan fingerprint density at radius 1 is 0.262 bits per heavy atom. The normalized spacial score (nSPS) is 11.6. The highest BCUT2D eigenvalue weighted by molar-refractivity contribution is 6.29. The second-order valence-corrected chi connectivity index (χ2v) is 15.9. The number of benzene rings is 10. The Labute approximate surface area is 354 Å². The molecule has 2 aromatic heterocycles. The first-order chi connectivity index (χ1) is 30.2. The van der Waals surface area contributed by atoms with Gasteiger partial charge in [0, 0.05) is 27.6 Å². The minimum Gasteiger partial charge on any atom is -0.309 e. The maximum absolute atomic E-state index is 5.43. The van der Waals surface area contributed by atoms with E-state index >= 15 is 0 Å². The summed E-state index contributed by atoms with van der Waals surface area (Å²) in [4.78, 5) is 5.43. The maximum Gasteiger partial charge on any atom is 0.0722 e. The van der Waals surface area contributed by atoms with Crippen molar-refractivity contribution in [1.29, 1.82) is 0 Å². The van der Waals surface area contributed by atoms with Crippen LogP contribution in [0.1, 0.15) is 0 Å². The summed E-state index contributed by atoms with van der Waals surface area (Å²) in [5, 5.41) is 9.86. The van der Waals surface area contributed by atoms with Crippen molar-refractivity contribution in [3.05, 3.63) is 231 Å². The average molecular weight is 775 g/mol. The highest BCUT2D eigenvalue weighted by atomic mass is 15.0. The molecule has 12 rings (SSSR count). The average Bonchev–Trinajstić information content (AvgIpc) is 3.68. The van der Waals surface area contributed by atoms with Gasteiger partial charge < -0.3 is 4.57 Å². The van der Waals surface area contributed by atoms with Gasteiger partial charge in [0.25, 0.3) is 0 Å². The van der Waals surface area contributed by atoms with Gasteiger partial charge in [-0.05, 0) is 114 Å². The van der Waals surface area contributed by atoms with Crippen LogP contribution in [-0.4, -0.2) is 9.55 Å². The predicted octanol–water partition coefficient (Wildman–Crippen LogP) is 16.0. The van der Waals surface area contributed by atoms with E-state index in [9.17, 15) is 0 Å². The fraction of sp³-hybridized carbons (Fsp3) is 0. The van der Waals surface area contributed by atoms with Crippen LogP contribution < -0.4 is 0 Å². The topological polar surface area (TPSA) is 17.8 Å². The second kappa shape index (κ2) is 14.3. The minimum absolute atomic E-state index is 0.957. The zero-order valence-electron chi connectivity index (χ0n) is 33.3. The van der Waals surface area contributed by atoms with Gasteiger partial charge in [0.1, 0.15) is 0 Å². The highest BCUT2D eigenvalue weighted by Gasteiger charge is 2.18. The first-order valence-electron chi connectivity index (χ1n) is 21.0. The summed E-state index contributed by atoms with van der Waals surface area (Å²) >= 11 is 0. The Kier molecular flexibility index (Phi) is 8.21. The van der Waals surface area contributed by atoms with Crippen LogP contribution in [-0.2, 0) is 0 Å². The fourth-order valence-corrected chi connectivity index (χ4v) is 9.49. The molecule has 0 amide bonds. The zero-order valence-corrected chi connectivity index (χ0v) is 33.3. The van der Waals surface area contributed by atoms with Gasteiger partial charge in [-0.25, -0.2) is 4.98 Å². The van der Waals surface area contributed by atoms with Crippen molar-refractivity contribution in [2.45, 2.75) is 0 Å². The standard InChI is InChI=1S/C59H38N2/c1-4-15-39(16-5-1)41-27-31-46(32-28-41)61-57-26-13-12-23-50(57)53-35-44(30-34-58(53)61)43-29-33-49-47-21-10-11-22-48(47)51-24-14-25-52(59(51)54(49)36-43)56-38-45(40-17-6-2-7-18-40)37-55(60-56)42-19-8-3-9-20-42/h1-38H. The highest BCUT2D eigenvalue weighted by Crippen LogP contribution is 2.43. The fourth-order valence-electron chi connectivity index (χ4n) is 9.49. The third kappa shape index (κ3) is 5.92. The zero-order chi connectivity index (χ0) is 40.3. The van der Waals surface area contributed by atoms with Crippen LogP contribution in [0.25, 0.3) is 116 Å². The van der Waals surface area contributed by atoms with Crippen LogP contribution in [0, 0.1) is 0 Å². The molecule has 2 heteroatoms. The van der Waals surface area contributed by atoms with Gasteiger partial charge in [0.2, 0.25) is 0 Å². The summed E-state index contributed by atoms with van der Waals surface area (Å²) in [5.74, 6) is 0. The van der Waals surface area contributed by atoms with Crippen LogP contribution in [0.4, 0.5) is 0 Å². The van der Waals surface area contributed by atoms with Crippen LogP contribution in [0.2, 0.25) is 0 Å². The molecule has 2 heterocycles. The number of para-hydroxylation sites is 1. The molecule has 0 aliphatic rings. The van der Waals surface area contributed by atoms with E-state index in [1.54, 1.807) is 0 Å². The van der Waals surface area contributed by atoms with Crippen LogP contribution in [0.15, 0.2) is 231 Å². The van der Waals surface area contributed by atoms with E-state index in [0.29, 0.717) is 0 Å². The molecule has 0 radical (unpaired) electrons. The molecule has 0 fully saturated rings. The summed E-state index contributed by atoms with van der Waals surface area (Å²) in [6.07, 6.45) is 0. The molecule has 0 atom stereocenters. The van der Waals surface area contributed by atoms with Gasteiger partial charge in [-0.1, -0.05) is 182 Å². The van der Waals surface area contributed by atoms with E-state index in [2.05, 4.69) is 235 Å². The number of rotatable bonds is 6. The number of pyridine rings is 1. The first kappa shape index (κ1) is 34.9. The number of hydrogen-bond acceptors (Lipinski definition) is 1. The second-order valence-electron chi connectivity index (χ2n) is 15.9. The quantitative estimate of drug-likeness (QED) is 0.154. The molecule has 10 aromatic carbocycles. The van der Waals surface area contributed by atoms with Gasteiger partial charge in [-0.15, -0.1) is 0 Å². The molecule has 284 valence electrons. The van der Waals surface area contributed by atoms with Gasteiger partial charge in [-0.3, -0.25) is 0 Å². The van der Waals surface area contributed by atoms with E-state index in [0.717, 1.165) is 33.8 Å².